The molecular formula is C9H12F5NO3S. The molecule has 112 valence electrons. The number of alkyl halides is 5. The average Bonchev–Trinajstić information content (AvgIpc) is 2.24. The van der Waals surface area contributed by atoms with Crippen LogP contribution in [0.1, 0.15) is 19.8 Å². The van der Waals surface area contributed by atoms with E-state index in [4.69, 9.17) is 10.4 Å². The molecule has 1 N–H and O–H groups in total. The Morgan fingerprint density at radius 2 is 1.63 bits per heavy atom. The number of halogens is 5. The number of rotatable bonds is 6. The van der Waals surface area contributed by atoms with E-state index in [2.05, 4.69) is 0 Å². The fraction of sp³-hybridized carbons (Fsp3) is 0.889. The third-order valence-electron chi connectivity index (χ3n) is 2.61. The van der Waals surface area contributed by atoms with E-state index in [0.29, 0.717) is 0 Å². The van der Waals surface area contributed by atoms with Gasteiger partial charge in [0.05, 0.1) is 18.4 Å². The monoisotopic (exact) mass is 309 g/mol. The van der Waals surface area contributed by atoms with Gasteiger partial charge in [0.2, 0.25) is 0 Å². The van der Waals surface area contributed by atoms with Crippen molar-refractivity contribution in [1.82, 2.24) is 0 Å². The number of sulfone groups is 1. The van der Waals surface area contributed by atoms with Crippen LogP contribution in [-0.2, 0) is 9.84 Å². The van der Waals surface area contributed by atoms with Crippen molar-refractivity contribution in [3.05, 3.63) is 0 Å². The fourth-order valence-corrected chi connectivity index (χ4v) is 2.41. The molecule has 0 bridgehead atoms. The van der Waals surface area contributed by atoms with Crippen LogP contribution in [0.4, 0.5) is 22.0 Å². The molecule has 0 radical (unpaired) electrons. The molecule has 0 fully saturated rings. The quantitative estimate of drug-likeness (QED) is 0.757. The first-order valence-corrected chi connectivity index (χ1v) is 6.67. The summed E-state index contributed by atoms with van der Waals surface area (Å²) in [5.74, 6) is -5.95. The Morgan fingerprint density at radius 1 is 1.16 bits per heavy atom. The lowest BCUT2D eigenvalue weighted by molar-refractivity contribution is -0.284. The molecule has 0 heterocycles. The summed E-state index contributed by atoms with van der Waals surface area (Å²) >= 11 is 0. The second kappa shape index (κ2) is 5.58. The van der Waals surface area contributed by atoms with Gasteiger partial charge in [0.1, 0.15) is 0 Å². The second-order valence-corrected chi connectivity index (χ2v) is 6.63. The maximum Gasteiger partial charge on any atom is 0.453 e. The molecule has 0 saturated carbocycles. The Balaban J connectivity index is 5.11. The third-order valence-corrected chi connectivity index (χ3v) is 5.00. The lowest BCUT2D eigenvalue weighted by Gasteiger charge is -2.25. The minimum Gasteiger partial charge on any atom is -0.395 e. The molecular weight excluding hydrogens is 297 g/mol. The van der Waals surface area contributed by atoms with E-state index in [1.54, 1.807) is 0 Å². The highest BCUT2D eigenvalue weighted by Gasteiger charge is 2.58. The summed E-state index contributed by atoms with van der Waals surface area (Å²) in [6.45, 7) is -0.0975. The summed E-state index contributed by atoms with van der Waals surface area (Å²) in [7, 11) is -4.30. The molecule has 0 aliphatic heterocycles. The van der Waals surface area contributed by atoms with Crippen molar-refractivity contribution in [2.24, 2.45) is 0 Å². The molecule has 10 heteroatoms. The highest BCUT2D eigenvalue weighted by molar-refractivity contribution is 7.93. The molecule has 1 atom stereocenters. The number of hydrogen-bond acceptors (Lipinski definition) is 4. The van der Waals surface area contributed by atoms with E-state index >= 15 is 0 Å². The standard InChI is InChI=1S/C9H12F5NO3S/c1-7(6-15,19(17,18)5-4-16)2-3-8(10,11)9(12,13)14/h16H,2-5H2,1H3. The Bertz CT molecular complexity index is 453. The molecule has 0 saturated heterocycles. The van der Waals surface area contributed by atoms with Crippen LogP contribution >= 0.6 is 0 Å². The number of nitriles is 1. The molecule has 4 nitrogen and oxygen atoms in total. The number of hydrogen-bond donors (Lipinski definition) is 1. The normalized spacial score (nSPS) is 16.7. The molecule has 19 heavy (non-hydrogen) atoms. The van der Waals surface area contributed by atoms with Gasteiger partial charge in [-0.1, -0.05) is 0 Å². The fourth-order valence-electron chi connectivity index (χ4n) is 1.16. The Kier molecular flexibility index (Phi) is 5.30. The zero-order valence-corrected chi connectivity index (χ0v) is 10.7. The van der Waals surface area contributed by atoms with Gasteiger partial charge >= 0.3 is 12.1 Å². The van der Waals surface area contributed by atoms with Crippen LogP contribution in [0, 0.1) is 11.3 Å². The van der Waals surface area contributed by atoms with E-state index < -0.39 is 51.9 Å². The lowest BCUT2D eigenvalue weighted by Crippen LogP contribution is -2.42. The highest BCUT2D eigenvalue weighted by Crippen LogP contribution is 2.41. The van der Waals surface area contributed by atoms with Crippen molar-refractivity contribution in [2.75, 3.05) is 12.4 Å². The maximum atomic E-state index is 12.7. The summed E-state index contributed by atoms with van der Waals surface area (Å²) in [4.78, 5) is 0. The Hall–Kier alpha value is -0.950. The molecule has 0 amide bonds. The van der Waals surface area contributed by atoms with Gasteiger partial charge < -0.3 is 5.11 Å². The van der Waals surface area contributed by atoms with E-state index in [1.807, 2.05) is 0 Å². The number of aliphatic hydroxyl groups is 1. The molecule has 0 aromatic carbocycles. The summed E-state index contributed by atoms with van der Waals surface area (Å²) in [6.07, 6.45) is -8.80. The van der Waals surface area contributed by atoms with Crippen molar-refractivity contribution in [3.63, 3.8) is 0 Å². The highest BCUT2D eigenvalue weighted by atomic mass is 32.2. The SMILES string of the molecule is CC(C#N)(CCC(F)(F)C(F)(F)F)S(=O)(=O)CCO. The molecule has 0 aromatic heterocycles. The van der Waals surface area contributed by atoms with Crippen molar-refractivity contribution < 1.29 is 35.5 Å². The van der Waals surface area contributed by atoms with Crippen LogP contribution in [0.3, 0.4) is 0 Å². The van der Waals surface area contributed by atoms with Crippen molar-refractivity contribution in [2.45, 2.75) is 36.6 Å². The van der Waals surface area contributed by atoms with Crippen LogP contribution in [-0.4, -0.2) is 42.7 Å². The second-order valence-electron chi connectivity index (χ2n) is 4.09. The van der Waals surface area contributed by atoms with E-state index in [0.717, 1.165) is 6.92 Å². The van der Waals surface area contributed by atoms with Gasteiger partial charge in [0, 0.05) is 6.42 Å². The van der Waals surface area contributed by atoms with Crippen LogP contribution < -0.4 is 0 Å². The molecule has 0 aliphatic carbocycles. The number of aliphatic hydroxyl groups excluding tert-OH is 1. The maximum absolute atomic E-state index is 12.7. The summed E-state index contributed by atoms with van der Waals surface area (Å²) in [5, 5.41) is 17.2. The van der Waals surface area contributed by atoms with Crippen LogP contribution in [0.2, 0.25) is 0 Å². The topological polar surface area (TPSA) is 78.2 Å². The van der Waals surface area contributed by atoms with Crippen molar-refractivity contribution >= 4 is 9.84 Å². The first kappa shape index (κ1) is 18.0. The molecule has 0 rings (SSSR count). The van der Waals surface area contributed by atoms with Gasteiger partial charge in [0.25, 0.3) is 0 Å². The predicted octanol–water partition coefficient (Wildman–Crippen LogP) is 1.65. The zero-order valence-electron chi connectivity index (χ0n) is 9.84. The van der Waals surface area contributed by atoms with E-state index in [9.17, 15) is 30.4 Å². The van der Waals surface area contributed by atoms with Gasteiger partial charge in [-0.25, -0.2) is 8.42 Å². The third kappa shape index (κ3) is 4.01. The summed E-state index contributed by atoms with van der Waals surface area (Å²) in [5.41, 5.74) is 0. The molecule has 1 unspecified atom stereocenters. The lowest BCUT2D eigenvalue weighted by atomic mass is 10.0. The number of nitrogens with zero attached hydrogens (tertiary/aromatic N) is 1. The molecule has 0 aromatic rings. The predicted molar refractivity (Wildman–Crippen MR) is 55.1 cm³/mol. The first-order chi connectivity index (χ1) is 8.33. The zero-order chi connectivity index (χ0) is 15.5. The average molecular weight is 309 g/mol. The molecule has 0 spiro atoms. The van der Waals surface area contributed by atoms with Gasteiger partial charge in [-0.3, -0.25) is 0 Å². The summed E-state index contributed by atoms with van der Waals surface area (Å²) in [6, 6.07) is 1.23. The van der Waals surface area contributed by atoms with Crippen molar-refractivity contribution in [3.8, 4) is 6.07 Å². The minimum atomic E-state index is -5.80. The van der Waals surface area contributed by atoms with Crippen LogP contribution in [0.15, 0.2) is 0 Å². The van der Waals surface area contributed by atoms with Crippen molar-refractivity contribution in [1.29, 1.82) is 5.26 Å². The Morgan fingerprint density at radius 3 is 1.95 bits per heavy atom. The van der Waals surface area contributed by atoms with Gasteiger partial charge in [-0.2, -0.15) is 27.2 Å². The largest absolute Gasteiger partial charge is 0.453 e. The molecule has 0 aliphatic rings. The Labute approximate surface area is 106 Å². The van der Waals surface area contributed by atoms with E-state index in [1.165, 1.54) is 6.07 Å². The summed E-state index contributed by atoms with van der Waals surface area (Å²) < 4.78 is 81.9. The first-order valence-electron chi connectivity index (χ1n) is 5.02. The van der Waals surface area contributed by atoms with Crippen LogP contribution in [0.25, 0.3) is 0 Å². The smallest absolute Gasteiger partial charge is 0.395 e. The van der Waals surface area contributed by atoms with Gasteiger partial charge in [-0.15, -0.1) is 0 Å². The van der Waals surface area contributed by atoms with E-state index in [-0.39, 0.29) is 0 Å². The minimum absolute atomic E-state index is 0.754. The van der Waals surface area contributed by atoms with Gasteiger partial charge in [-0.05, 0) is 13.3 Å². The van der Waals surface area contributed by atoms with Crippen LogP contribution in [0.5, 0.6) is 0 Å². The van der Waals surface area contributed by atoms with Gasteiger partial charge in [0.15, 0.2) is 14.6 Å².